The summed E-state index contributed by atoms with van der Waals surface area (Å²) in [7, 11) is 0. The van der Waals surface area contributed by atoms with Crippen molar-refractivity contribution in [3.05, 3.63) is 23.7 Å². The highest BCUT2D eigenvalue weighted by Gasteiger charge is 2.17. The standard InChI is InChI=1S/C13H21NO/c1-10-8-9-13(15-10)11(2)14-12-6-4-3-5-7-12/h8-9,11-12,14H,3-7H2,1-2H3/t11-/m1/s1. The van der Waals surface area contributed by atoms with Crippen LogP contribution in [0.4, 0.5) is 0 Å². The van der Waals surface area contributed by atoms with Crippen molar-refractivity contribution in [1.82, 2.24) is 5.32 Å². The van der Waals surface area contributed by atoms with Crippen LogP contribution in [0.25, 0.3) is 0 Å². The number of aryl methyl sites for hydroxylation is 1. The zero-order valence-electron chi connectivity index (χ0n) is 9.75. The summed E-state index contributed by atoms with van der Waals surface area (Å²) in [6, 6.07) is 5.16. The van der Waals surface area contributed by atoms with Gasteiger partial charge in [0.25, 0.3) is 0 Å². The lowest BCUT2D eigenvalue weighted by atomic mass is 9.95. The molecule has 2 nitrogen and oxygen atoms in total. The van der Waals surface area contributed by atoms with E-state index >= 15 is 0 Å². The highest BCUT2D eigenvalue weighted by Crippen LogP contribution is 2.22. The van der Waals surface area contributed by atoms with E-state index in [1.807, 2.05) is 13.0 Å². The summed E-state index contributed by atoms with van der Waals surface area (Å²) >= 11 is 0. The number of furan rings is 1. The first-order valence-corrected chi connectivity index (χ1v) is 6.08. The van der Waals surface area contributed by atoms with E-state index in [0.717, 1.165) is 11.5 Å². The van der Waals surface area contributed by atoms with E-state index in [2.05, 4.69) is 18.3 Å². The van der Waals surface area contributed by atoms with Crippen molar-refractivity contribution in [3.63, 3.8) is 0 Å². The molecule has 0 saturated heterocycles. The molecule has 0 amide bonds. The van der Waals surface area contributed by atoms with Crippen LogP contribution in [-0.2, 0) is 0 Å². The summed E-state index contributed by atoms with van der Waals surface area (Å²) in [6.45, 7) is 4.18. The van der Waals surface area contributed by atoms with Crippen LogP contribution >= 0.6 is 0 Å². The Kier molecular flexibility index (Phi) is 3.47. The summed E-state index contributed by atoms with van der Waals surface area (Å²) in [6.07, 6.45) is 6.81. The molecule has 1 aliphatic rings. The number of rotatable bonds is 3. The molecule has 2 heteroatoms. The molecule has 84 valence electrons. The van der Waals surface area contributed by atoms with Gasteiger partial charge in [-0.15, -0.1) is 0 Å². The zero-order chi connectivity index (χ0) is 10.7. The van der Waals surface area contributed by atoms with Crippen molar-refractivity contribution >= 4 is 0 Å². The fraction of sp³-hybridized carbons (Fsp3) is 0.692. The Hall–Kier alpha value is -0.760. The third-order valence-corrected chi connectivity index (χ3v) is 3.28. The predicted molar refractivity (Wildman–Crippen MR) is 61.9 cm³/mol. The molecule has 0 unspecified atom stereocenters. The molecule has 0 radical (unpaired) electrons. The highest BCUT2D eigenvalue weighted by molar-refractivity contribution is 5.09. The minimum atomic E-state index is 0.349. The molecule has 0 aliphatic heterocycles. The van der Waals surface area contributed by atoms with Crippen LogP contribution in [0.3, 0.4) is 0 Å². The number of hydrogen-bond acceptors (Lipinski definition) is 2. The predicted octanol–water partition coefficient (Wildman–Crippen LogP) is 3.57. The first kappa shape index (κ1) is 10.7. The second-order valence-corrected chi connectivity index (χ2v) is 4.67. The van der Waals surface area contributed by atoms with Gasteiger partial charge in [-0.05, 0) is 38.8 Å². The molecule has 1 fully saturated rings. The maximum Gasteiger partial charge on any atom is 0.120 e. The summed E-state index contributed by atoms with van der Waals surface area (Å²) in [4.78, 5) is 0. The van der Waals surface area contributed by atoms with Crippen molar-refractivity contribution in [2.45, 2.75) is 58.0 Å². The van der Waals surface area contributed by atoms with Gasteiger partial charge in [0.1, 0.15) is 11.5 Å². The van der Waals surface area contributed by atoms with Crippen LogP contribution in [0.5, 0.6) is 0 Å². The average Bonchev–Trinajstić information content (AvgIpc) is 2.66. The molecule has 2 rings (SSSR count). The molecule has 1 N–H and O–H groups in total. The third kappa shape index (κ3) is 2.85. The SMILES string of the molecule is Cc1ccc([C@@H](C)NC2CCCCC2)o1. The second kappa shape index (κ2) is 4.84. The van der Waals surface area contributed by atoms with Crippen LogP contribution in [0.1, 0.15) is 56.6 Å². The highest BCUT2D eigenvalue weighted by atomic mass is 16.3. The molecule has 0 bridgehead atoms. The van der Waals surface area contributed by atoms with Crippen molar-refractivity contribution in [2.24, 2.45) is 0 Å². The average molecular weight is 207 g/mol. The minimum Gasteiger partial charge on any atom is -0.465 e. The summed E-state index contributed by atoms with van der Waals surface area (Å²) in [5.41, 5.74) is 0. The smallest absolute Gasteiger partial charge is 0.120 e. The van der Waals surface area contributed by atoms with Gasteiger partial charge in [-0.1, -0.05) is 19.3 Å². The van der Waals surface area contributed by atoms with Crippen LogP contribution in [-0.4, -0.2) is 6.04 Å². The van der Waals surface area contributed by atoms with Gasteiger partial charge in [0.2, 0.25) is 0 Å². The molecule has 1 saturated carbocycles. The quantitative estimate of drug-likeness (QED) is 0.819. The summed E-state index contributed by atoms with van der Waals surface area (Å²) in [5, 5.41) is 3.65. The Morgan fingerprint density at radius 1 is 1.27 bits per heavy atom. The van der Waals surface area contributed by atoms with E-state index in [9.17, 15) is 0 Å². The minimum absolute atomic E-state index is 0.349. The van der Waals surface area contributed by atoms with Crippen molar-refractivity contribution < 1.29 is 4.42 Å². The van der Waals surface area contributed by atoms with Crippen LogP contribution < -0.4 is 5.32 Å². The first-order valence-electron chi connectivity index (χ1n) is 6.08. The Labute approximate surface area is 92.1 Å². The van der Waals surface area contributed by atoms with Crippen LogP contribution in [0.2, 0.25) is 0 Å². The monoisotopic (exact) mass is 207 g/mol. The molecule has 1 heterocycles. The van der Waals surface area contributed by atoms with Gasteiger partial charge in [0, 0.05) is 6.04 Å². The van der Waals surface area contributed by atoms with Crippen molar-refractivity contribution in [3.8, 4) is 0 Å². The maximum absolute atomic E-state index is 5.62. The molecule has 1 atom stereocenters. The van der Waals surface area contributed by atoms with E-state index in [1.165, 1.54) is 32.1 Å². The second-order valence-electron chi connectivity index (χ2n) is 4.67. The molecule has 0 spiro atoms. The van der Waals surface area contributed by atoms with Gasteiger partial charge in [-0.3, -0.25) is 0 Å². The lowest BCUT2D eigenvalue weighted by Gasteiger charge is -2.25. The van der Waals surface area contributed by atoms with E-state index in [1.54, 1.807) is 0 Å². The Balaban J connectivity index is 1.88. The van der Waals surface area contributed by atoms with Gasteiger partial charge in [-0.25, -0.2) is 0 Å². The fourth-order valence-corrected chi connectivity index (χ4v) is 2.39. The molecule has 1 aliphatic carbocycles. The van der Waals surface area contributed by atoms with E-state index < -0.39 is 0 Å². The lowest BCUT2D eigenvalue weighted by molar-refractivity contribution is 0.321. The largest absolute Gasteiger partial charge is 0.465 e. The van der Waals surface area contributed by atoms with Gasteiger partial charge in [0.15, 0.2) is 0 Å². The van der Waals surface area contributed by atoms with Gasteiger partial charge in [0.05, 0.1) is 6.04 Å². The number of hydrogen-bond donors (Lipinski definition) is 1. The molecule has 1 aromatic heterocycles. The maximum atomic E-state index is 5.62. The molecule has 1 aromatic rings. The summed E-state index contributed by atoms with van der Waals surface area (Å²) in [5.74, 6) is 2.07. The van der Waals surface area contributed by atoms with Crippen LogP contribution in [0.15, 0.2) is 16.5 Å². The summed E-state index contributed by atoms with van der Waals surface area (Å²) < 4.78 is 5.62. The Morgan fingerprint density at radius 2 is 2.00 bits per heavy atom. The van der Waals surface area contributed by atoms with E-state index in [4.69, 9.17) is 4.42 Å². The van der Waals surface area contributed by atoms with E-state index in [-0.39, 0.29) is 0 Å². The van der Waals surface area contributed by atoms with Gasteiger partial charge >= 0.3 is 0 Å². The normalized spacial score (nSPS) is 20.4. The number of nitrogens with one attached hydrogen (secondary N) is 1. The van der Waals surface area contributed by atoms with E-state index in [0.29, 0.717) is 12.1 Å². The molecule has 0 aromatic carbocycles. The third-order valence-electron chi connectivity index (χ3n) is 3.28. The van der Waals surface area contributed by atoms with Crippen molar-refractivity contribution in [1.29, 1.82) is 0 Å². The zero-order valence-corrected chi connectivity index (χ0v) is 9.75. The van der Waals surface area contributed by atoms with Crippen LogP contribution in [0, 0.1) is 6.92 Å². The first-order chi connectivity index (χ1) is 7.25. The molecular formula is C13H21NO. The van der Waals surface area contributed by atoms with Crippen molar-refractivity contribution in [2.75, 3.05) is 0 Å². The molecular weight excluding hydrogens is 186 g/mol. The molecule has 15 heavy (non-hydrogen) atoms. The Bertz CT molecular complexity index is 299. The fourth-order valence-electron chi connectivity index (χ4n) is 2.39. The van der Waals surface area contributed by atoms with Gasteiger partial charge < -0.3 is 9.73 Å². The topological polar surface area (TPSA) is 25.2 Å². The lowest BCUT2D eigenvalue weighted by Crippen LogP contribution is -2.32. The van der Waals surface area contributed by atoms with Gasteiger partial charge in [-0.2, -0.15) is 0 Å². The Morgan fingerprint density at radius 3 is 2.60 bits per heavy atom.